The molecule has 2 aromatic rings. The fraction of sp³-hybridized carbons (Fsp3) is 0.429. The van der Waals surface area contributed by atoms with Gasteiger partial charge in [0.2, 0.25) is 9.04 Å². The summed E-state index contributed by atoms with van der Waals surface area (Å²) in [7, 11) is 1.26. The number of aliphatic hydroxyl groups is 1. The van der Waals surface area contributed by atoms with Crippen molar-refractivity contribution in [3.8, 4) is 0 Å². The summed E-state index contributed by atoms with van der Waals surface area (Å²) in [4.78, 5) is 4.61. The Morgan fingerprint density at radius 2 is 1.69 bits per heavy atom. The Bertz CT molecular complexity index is 801. The van der Waals surface area contributed by atoms with Gasteiger partial charge in [-0.3, -0.25) is 0 Å². The highest BCUT2D eigenvalue weighted by Crippen LogP contribution is 2.53. The number of fused-ring (bicyclic) bond motifs is 2. The predicted octanol–water partition coefficient (Wildman–Crippen LogP) is 5.77. The second-order valence-corrected chi connectivity index (χ2v) is 11.1. The number of anilines is 2. The Balaban J connectivity index is 2.15. The molecule has 5 heteroatoms. The predicted molar refractivity (Wildman–Crippen MR) is 112 cm³/mol. The Kier molecular flexibility index (Phi) is 5.54. The molecule has 1 aliphatic rings. The first kappa shape index (κ1) is 19.5. The van der Waals surface area contributed by atoms with E-state index in [9.17, 15) is 5.11 Å². The quantitative estimate of drug-likeness (QED) is 0.677. The highest BCUT2D eigenvalue weighted by molar-refractivity contribution is 7.99. The normalized spacial score (nSPS) is 15.0. The SMILES string of the molecule is CN1c2cccc(CO)c2Sc2c(C(O[Si](C)C)C(C)(C)C)cccc21. The lowest BCUT2D eigenvalue weighted by molar-refractivity contribution is 0.0843. The van der Waals surface area contributed by atoms with Crippen LogP contribution in [-0.2, 0) is 11.0 Å². The van der Waals surface area contributed by atoms with Gasteiger partial charge >= 0.3 is 0 Å². The molecule has 1 heterocycles. The molecule has 3 rings (SSSR count). The van der Waals surface area contributed by atoms with Crippen molar-refractivity contribution < 1.29 is 9.53 Å². The van der Waals surface area contributed by atoms with E-state index in [4.69, 9.17) is 4.43 Å². The molecule has 1 radical (unpaired) electrons. The summed E-state index contributed by atoms with van der Waals surface area (Å²) in [5.41, 5.74) is 4.58. The molecule has 0 fully saturated rings. The van der Waals surface area contributed by atoms with Crippen LogP contribution in [0.4, 0.5) is 11.4 Å². The zero-order valence-electron chi connectivity index (χ0n) is 16.5. The first-order valence-electron chi connectivity index (χ1n) is 8.98. The number of aliphatic hydroxyl groups excluding tert-OH is 1. The number of rotatable bonds is 4. The lowest BCUT2D eigenvalue weighted by atomic mass is 9.84. The van der Waals surface area contributed by atoms with Crippen molar-refractivity contribution in [1.29, 1.82) is 0 Å². The van der Waals surface area contributed by atoms with Crippen molar-refractivity contribution in [2.45, 2.75) is 56.4 Å². The summed E-state index contributed by atoms with van der Waals surface area (Å²) in [5.74, 6) is 0. The molecule has 1 N–H and O–H groups in total. The lowest BCUT2D eigenvalue weighted by Crippen LogP contribution is -2.27. The molecule has 0 aromatic heterocycles. The molecule has 1 atom stereocenters. The van der Waals surface area contributed by atoms with E-state index in [0.717, 1.165) is 16.1 Å². The van der Waals surface area contributed by atoms with E-state index in [1.165, 1.54) is 16.1 Å². The van der Waals surface area contributed by atoms with E-state index < -0.39 is 9.04 Å². The summed E-state index contributed by atoms with van der Waals surface area (Å²) >= 11 is 1.77. The fourth-order valence-electron chi connectivity index (χ4n) is 3.38. The zero-order valence-corrected chi connectivity index (χ0v) is 18.3. The first-order chi connectivity index (χ1) is 12.2. The fourth-order valence-corrected chi connectivity index (χ4v) is 5.71. The van der Waals surface area contributed by atoms with E-state index in [1.54, 1.807) is 11.8 Å². The monoisotopic (exact) mass is 386 g/mol. The second kappa shape index (κ2) is 7.39. The molecule has 0 spiro atoms. The van der Waals surface area contributed by atoms with E-state index in [1.807, 2.05) is 12.1 Å². The van der Waals surface area contributed by atoms with E-state index >= 15 is 0 Å². The van der Waals surface area contributed by atoms with Crippen molar-refractivity contribution in [3.05, 3.63) is 47.5 Å². The summed E-state index contributed by atoms with van der Waals surface area (Å²) in [5, 5.41) is 9.80. The molecule has 0 saturated carbocycles. The first-order valence-corrected chi connectivity index (χ1v) is 12.2. The molecule has 26 heavy (non-hydrogen) atoms. The van der Waals surface area contributed by atoms with E-state index in [-0.39, 0.29) is 18.1 Å². The van der Waals surface area contributed by atoms with Crippen LogP contribution in [0.25, 0.3) is 0 Å². The molecule has 0 saturated heterocycles. The Labute approximate surface area is 163 Å². The Hall–Kier alpha value is -1.27. The Morgan fingerprint density at radius 3 is 2.27 bits per heavy atom. The molecular weight excluding hydrogens is 358 g/mol. The third-order valence-corrected chi connectivity index (χ3v) is 6.65. The van der Waals surface area contributed by atoms with Crippen molar-refractivity contribution in [3.63, 3.8) is 0 Å². The van der Waals surface area contributed by atoms with Crippen LogP contribution in [0.5, 0.6) is 0 Å². The van der Waals surface area contributed by atoms with E-state index in [0.29, 0.717) is 0 Å². The van der Waals surface area contributed by atoms with Crippen molar-refractivity contribution in [1.82, 2.24) is 0 Å². The lowest BCUT2D eigenvalue weighted by Gasteiger charge is -2.37. The van der Waals surface area contributed by atoms with Crippen LogP contribution >= 0.6 is 11.8 Å². The molecule has 0 amide bonds. The van der Waals surface area contributed by atoms with Crippen molar-refractivity contribution >= 4 is 32.2 Å². The zero-order chi connectivity index (χ0) is 19.1. The minimum absolute atomic E-state index is 0.00691. The van der Waals surface area contributed by atoms with Gasteiger partial charge in [0.15, 0.2) is 0 Å². The molecule has 0 bridgehead atoms. The van der Waals surface area contributed by atoms with Gasteiger partial charge in [-0.05, 0) is 41.8 Å². The molecule has 1 unspecified atom stereocenters. The van der Waals surface area contributed by atoms with Crippen molar-refractivity contribution in [2.75, 3.05) is 11.9 Å². The topological polar surface area (TPSA) is 32.7 Å². The number of benzene rings is 2. The second-order valence-electron chi connectivity index (χ2n) is 8.05. The van der Waals surface area contributed by atoms with Gasteiger partial charge < -0.3 is 14.4 Å². The van der Waals surface area contributed by atoms with Gasteiger partial charge in [-0.1, -0.05) is 56.8 Å². The van der Waals surface area contributed by atoms with Gasteiger partial charge in [-0.25, -0.2) is 0 Å². The van der Waals surface area contributed by atoms with Gasteiger partial charge in [-0.15, -0.1) is 0 Å². The minimum Gasteiger partial charge on any atom is -0.410 e. The van der Waals surface area contributed by atoms with E-state index in [2.05, 4.69) is 70.1 Å². The van der Waals surface area contributed by atoms with Crippen LogP contribution in [0.1, 0.15) is 38.0 Å². The highest BCUT2D eigenvalue weighted by Gasteiger charge is 2.33. The van der Waals surface area contributed by atoms with Gasteiger partial charge in [-0.2, -0.15) is 0 Å². The minimum atomic E-state index is -0.838. The number of hydrogen-bond acceptors (Lipinski definition) is 4. The maximum Gasteiger partial charge on any atom is 0.205 e. The number of nitrogens with zero attached hydrogens (tertiary/aromatic N) is 1. The Morgan fingerprint density at radius 1 is 1.08 bits per heavy atom. The average molecular weight is 387 g/mol. The van der Waals surface area contributed by atoms with Gasteiger partial charge in [0.1, 0.15) is 0 Å². The maximum absolute atomic E-state index is 9.80. The maximum atomic E-state index is 9.80. The third-order valence-electron chi connectivity index (χ3n) is 4.62. The van der Waals surface area contributed by atoms with Gasteiger partial charge in [0, 0.05) is 16.8 Å². The molecule has 2 aromatic carbocycles. The van der Waals surface area contributed by atoms with Gasteiger partial charge in [0.25, 0.3) is 0 Å². The average Bonchev–Trinajstić information content (AvgIpc) is 2.58. The largest absolute Gasteiger partial charge is 0.410 e. The summed E-state index contributed by atoms with van der Waals surface area (Å²) in [6.07, 6.45) is 0.0464. The highest BCUT2D eigenvalue weighted by atomic mass is 32.2. The molecular formula is C21H28NO2SSi. The van der Waals surface area contributed by atoms with Crippen LogP contribution in [-0.4, -0.2) is 21.2 Å². The third kappa shape index (κ3) is 3.58. The standard InChI is InChI=1S/C21H28NO2SSi/c1-21(2,3)20(24-26(5)6)15-10-8-12-17-19(15)25-18-14(13-23)9-7-11-16(18)22(17)4/h7-12,20,23H,13H2,1-6H3. The summed E-state index contributed by atoms with van der Waals surface area (Å²) in [6.45, 7) is 11.2. The van der Waals surface area contributed by atoms with Crippen LogP contribution in [0, 0.1) is 5.41 Å². The van der Waals surface area contributed by atoms with Crippen LogP contribution in [0.3, 0.4) is 0 Å². The van der Waals surface area contributed by atoms with Crippen LogP contribution < -0.4 is 4.90 Å². The molecule has 1 aliphatic heterocycles. The van der Waals surface area contributed by atoms with Crippen LogP contribution in [0.2, 0.25) is 13.1 Å². The smallest absolute Gasteiger partial charge is 0.205 e. The number of hydrogen-bond donors (Lipinski definition) is 1. The molecule has 139 valence electrons. The van der Waals surface area contributed by atoms with Gasteiger partial charge in [0.05, 0.1) is 24.1 Å². The van der Waals surface area contributed by atoms with Crippen molar-refractivity contribution in [2.24, 2.45) is 5.41 Å². The molecule has 3 nitrogen and oxygen atoms in total. The summed E-state index contributed by atoms with van der Waals surface area (Å²) in [6, 6.07) is 12.6. The molecule has 0 aliphatic carbocycles. The summed E-state index contributed by atoms with van der Waals surface area (Å²) < 4.78 is 6.47. The van der Waals surface area contributed by atoms with Crippen LogP contribution in [0.15, 0.2) is 46.2 Å².